The Morgan fingerprint density at radius 2 is 1.86 bits per heavy atom. The molecule has 1 aliphatic rings. The van der Waals surface area contributed by atoms with Crippen molar-refractivity contribution in [3.8, 4) is 0 Å². The van der Waals surface area contributed by atoms with Gasteiger partial charge in [0.05, 0.1) is 0 Å². The van der Waals surface area contributed by atoms with E-state index in [0.29, 0.717) is 29.5 Å². The molecule has 0 radical (unpaired) electrons. The first-order chi connectivity index (χ1) is 14.0. The molecule has 3 rings (SSSR count). The summed E-state index contributed by atoms with van der Waals surface area (Å²) in [6.07, 6.45) is 6.20. The molecule has 0 aliphatic heterocycles. The summed E-state index contributed by atoms with van der Waals surface area (Å²) in [7, 11) is 1.60. The van der Waals surface area contributed by atoms with Crippen LogP contribution < -0.4 is 10.6 Å². The summed E-state index contributed by atoms with van der Waals surface area (Å²) in [6.45, 7) is 1.82. The van der Waals surface area contributed by atoms with Crippen LogP contribution in [0.25, 0.3) is 5.57 Å². The number of hydrogen-bond acceptors (Lipinski definition) is 2. The molecule has 0 heterocycles. The van der Waals surface area contributed by atoms with Gasteiger partial charge in [-0.3, -0.25) is 9.59 Å². The monoisotopic (exact) mass is 394 g/mol. The maximum Gasteiger partial charge on any atom is 0.251 e. The van der Waals surface area contributed by atoms with Gasteiger partial charge < -0.3 is 10.6 Å². The minimum atomic E-state index is -0.380. The number of allylic oxidation sites excluding steroid dienone is 1. The van der Waals surface area contributed by atoms with E-state index in [1.54, 1.807) is 25.2 Å². The molecule has 1 saturated carbocycles. The number of amides is 2. The summed E-state index contributed by atoms with van der Waals surface area (Å²) in [5, 5.41) is 5.62. The van der Waals surface area contributed by atoms with Gasteiger partial charge in [-0.15, -0.1) is 0 Å². The first kappa shape index (κ1) is 20.8. The van der Waals surface area contributed by atoms with Gasteiger partial charge in [0.2, 0.25) is 0 Å². The Labute approximate surface area is 171 Å². The number of benzene rings is 2. The van der Waals surface area contributed by atoms with E-state index in [1.165, 1.54) is 6.07 Å². The lowest BCUT2D eigenvalue weighted by molar-refractivity contribution is -0.116. The van der Waals surface area contributed by atoms with Gasteiger partial charge in [-0.2, -0.15) is 0 Å². The maximum atomic E-state index is 14.5. The van der Waals surface area contributed by atoms with E-state index >= 15 is 0 Å². The normalized spacial score (nSPS) is 14.2. The summed E-state index contributed by atoms with van der Waals surface area (Å²) >= 11 is 0. The molecule has 1 aliphatic carbocycles. The van der Waals surface area contributed by atoms with Crippen LogP contribution in [0.4, 0.5) is 4.39 Å². The second-order valence-corrected chi connectivity index (χ2v) is 7.47. The molecule has 2 aromatic rings. The third-order valence-corrected chi connectivity index (χ3v) is 5.40. The molecule has 0 aromatic heterocycles. The minimum absolute atomic E-state index is 0.124. The van der Waals surface area contributed by atoms with Crippen molar-refractivity contribution in [3.63, 3.8) is 0 Å². The molecule has 152 valence electrons. The highest BCUT2D eigenvalue weighted by Crippen LogP contribution is 2.26. The lowest BCUT2D eigenvalue weighted by Crippen LogP contribution is -2.40. The molecule has 2 aromatic carbocycles. The lowest BCUT2D eigenvalue weighted by Gasteiger charge is -2.27. The van der Waals surface area contributed by atoms with E-state index in [4.69, 9.17) is 0 Å². The predicted octanol–water partition coefficient (Wildman–Crippen LogP) is 4.18. The Morgan fingerprint density at radius 1 is 1.14 bits per heavy atom. The first-order valence-corrected chi connectivity index (χ1v) is 10.1. The van der Waals surface area contributed by atoms with Crippen molar-refractivity contribution in [3.05, 3.63) is 76.6 Å². The first-order valence-electron chi connectivity index (χ1n) is 10.1. The van der Waals surface area contributed by atoms with Crippen LogP contribution in [0.3, 0.4) is 0 Å². The van der Waals surface area contributed by atoms with Crippen molar-refractivity contribution >= 4 is 17.4 Å². The zero-order valence-electron chi connectivity index (χ0n) is 16.9. The van der Waals surface area contributed by atoms with Crippen LogP contribution in [0.15, 0.2) is 48.5 Å². The van der Waals surface area contributed by atoms with Crippen molar-refractivity contribution in [1.82, 2.24) is 10.6 Å². The summed E-state index contributed by atoms with van der Waals surface area (Å²) in [5.41, 5.74) is 3.18. The SMILES string of the molecule is CNC(=O)c1ccc(CC/C=C(/C(=O)NC2CCC2)c2c(C)cccc2F)cc1. The number of aryl methyl sites for hydroxylation is 2. The van der Waals surface area contributed by atoms with Crippen molar-refractivity contribution in [2.45, 2.75) is 45.1 Å². The fourth-order valence-electron chi connectivity index (χ4n) is 3.45. The van der Waals surface area contributed by atoms with Crippen LogP contribution in [-0.4, -0.2) is 24.9 Å². The molecule has 29 heavy (non-hydrogen) atoms. The van der Waals surface area contributed by atoms with Gasteiger partial charge in [0.15, 0.2) is 0 Å². The zero-order valence-corrected chi connectivity index (χ0v) is 16.9. The number of hydrogen-bond donors (Lipinski definition) is 2. The Hall–Kier alpha value is -2.95. The summed E-state index contributed by atoms with van der Waals surface area (Å²) in [4.78, 5) is 24.5. The Kier molecular flexibility index (Phi) is 6.81. The molecule has 0 bridgehead atoms. The van der Waals surface area contributed by atoms with Gasteiger partial charge in [0.1, 0.15) is 5.82 Å². The van der Waals surface area contributed by atoms with Crippen molar-refractivity contribution in [2.75, 3.05) is 7.05 Å². The molecule has 0 saturated heterocycles. The average Bonchev–Trinajstić information content (AvgIpc) is 2.69. The summed E-state index contributed by atoms with van der Waals surface area (Å²) in [5.74, 6) is -0.714. The van der Waals surface area contributed by atoms with Gasteiger partial charge in [0, 0.05) is 29.8 Å². The van der Waals surface area contributed by atoms with Crippen LogP contribution >= 0.6 is 0 Å². The molecule has 5 heteroatoms. The number of nitrogens with one attached hydrogen (secondary N) is 2. The van der Waals surface area contributed by atoms with E-state index in [0.717, 1.165) is 30.4 Å². The van der Waals surface area contributed by atoms with E-state index in [9.17, 15) is 14.0 Å². The van der Waals surface area contributed by atoms with Gasteiger partial charge in [-0.25, -0.2) is 4.39 Å². The van der Waals surface area contributed by atoms with Crippen molar-refractivity contribution in [1.29, 1.82) is 0 Å². The quantitative estimate of drug-likeness (QED) is 0.692. The van der Waals surface area contributed by atoms with Crippen molar-refractivity contribution < 1.29 is 14.0 Å². The standard InChI is InChI=1S/C24H27FN2O2/c1-16-6-3-11-21(25)22(16)20(24(29)27-19-8-5-9-19)10-4-7-17-12-14-18(15-13-17)23(28)26-2/h3,6,10-15,19H,4-5,7-9H2,1-2H3,(H,26,28)(H,27,29)/b20-10+. The molecule has 0 unspecified atom stereocenters. The molecule has 2 amide bonds. The van der Waals surface area contributed by atoms with Gasteiger partial charge in [-0.1, -0.05) is 30.3 Å². The Balaban J connectivity index is 1.77. The maximum absolute atomic E-state index is 14.5. The Morgan fingerprint density at radius 3 is 2.45 bits per heavy atom. The van der Waals surface area contributed by atoms with E-state index in [2.05, 4.69) is 10.6 Å². The van der Waals surface area contributed by atoms with Crippen LogP contribution in [0.1, 0.15) is 52.7 Å². The minimum Gasteiger partial charge on any atom is -0.355 e. The van der Waals surface area contributed by atoms with Crippen molar-refractivity contribution in [2.24, 2.45) is 0 Å². The number of rotatable bonds is 7. The summed E-state index contributed by atoms with van der Waals surface area (Å²) < 4.78 is 14.5. The third-order valence-electron chi connectivity index (χ3n) is 5.40. The smallest absolute Gasteiger partial charge is 0.251 e. The average molecular weight is 394 g/mol. The van der Waals surface area contributed by atoms with Gasteiger partial charge in [0.25, 0.3) is 11.8 Å². The predicted molar refractivity (Wildman–Crippen MR) is 113 cm³/mol. The second kappa shape index (κ2) is 9.50. The van der Waals surface area contributed by atoms with E-state index in [1.807, 2.05) is 31.2 Å². The van der Waals surface area contributed by atoms with Crippen LogP contribution in [0, 0.1) is 12.7 Å². The molecule has 4 nitrogen and oxygen atoms in total. The van der Waals surface area contributed by atoms with Crippen LogP contribution in [-0.2, 0) is 11.2 Å². The van der Waals surface area contributed by atoms with Crippen LogP contribution in [0.5, 0.6) is 0 Å². The topological polar surface area (TPSA) is 58.2 Å². The summed E-state index contributed by atoms with van der Waals surface area (Å²) in [6, 6.07) is 12.4. The Bertz CT molecular complexity index is 895. The fourth-order valence-corrected chi connectivity index (χ4v) is 3.45. The second-order valence-electron chi connectivity index (χ2n) is 7.47. The number of carbonyl (C=O) groups is 2. The highest BCUT2D eigenvalue weighted by atomic mass is 19.1. The van der Waals surface area contributed by atoms with Gasteiger partial charge >= 0.3 is 0 Å². The molecule has 2 N–H and O–H groups in total. The third kappa shape index (κ3) is 5.11. The van der Waals surface area contributed by atoms with Gasteiger partial charge in [-0.05, 0) is 68.4 Å². The highest BCUT2D eigenvalue weighted by Gasteiger charge is 2.24. The van der Waals surface area contributed by atoms with E-state index < -0.39 is 0 Å². The molecular weight excluding hydrogens is 367 g/mol. The lowest BCUT2D eigenvalue weighted by atomic mass is 9.91. The zero-order chi connectivity index (χ0) is 20.8. The number of carbonyl (C=O) groups excluding carboxylic acids is 2. The largest absolute Gasteiger partial charge is 0.355 e. The van der Waals surface area contributed by atoms with E-state index in [-0.39, 0.29) is 23.7 Å². The molecular formula is C24H27FN2O2. The molecule has 1 fully saturated rings. The number of halogens is 1. The molecule has 0 atom stereocenters. The highest BCUT2D eigenvalue weighted by molar-refractivity contribution is 6.20. The molecule has 0 spiro atoms. The fraction of sp³-hybridized carbons (Fsp3) is 0.333. The van der Waals surface area contributed by atoms with Crippen LogP contribution in [0.2, 0.25) is 0 Å².